The van der Waals surface area contributed by atoms with Crippen molar-refractivity contribution in [2.75, 3.05) is 32.7 Å². The van der Waals surface area contributed by atoms with Crippen LogP contribution < -0.4 is 5.32 Å². The third kappa shape index (κ3) is 3.77. The number of likely N-dealkylation sites (N-methyl/N-ethyl adjacent to an activating group) is 1. The summed E-state index contributed by atoms with van der Waals surface area (Å²) >= 11 is 0. The number of hydrogen-bond acceptors (Lipinski definition) is 4. The van der Waals surface area contributed by atoms with Crippen molar-refractivity contribution in [3.05, 3.63) is 17.2 Å². The first-order chi connectivity index (χ1) is 12.5. The second-order valence-corrected chi connectivity index (χ2v) is 7.35. The van der Waals surface area contributed by atoms with Crippen molar-refractivity contribution in [1.82, 2.24) is 24.7 Å². The van der Waals surface area contributed by atoms with E-state index in [-0.39, 0.29) is 17.9 Å². The number of nitrogens with one attached hydrogen (secondary N) is 1. The molecule has 2 amide bonds. The van der Waals surface area contributed by atoms with Crippen LogP contribution in [0.15, 0.2) is 0 Å². The first-order valence-corrected chi connectivity index (χ1v) is 9.97. The summed E-state index contributed by atoms with van der Waals surface area (Å²) in [7, 11) is 0. The Morgan fingerprint density at radius 1 is 1.12 bits per heavy atom. The fourth-order valence-corrected chi connectivity index (χ4v) is 3.69. The Bertz CT molecular complexity index is 661. The summed E-state index contributed by atoms with van der Waals surface area (Å²) in [6.45, 7) is 11.2. The molecule has 144 valence electrons. The van der Waals surface area contributed by atoms with Gasteiger partial charge in [-0.1, -0.05) is 13.8 Å². The van der Waals surface area contributed by atoms with Gasteiger partial charge in [-0.15, -0.1) is 0 Å². The summed E-state index contributed by atoms with van der Waals surface area (Å²) in [6.07, 6.45) is 3.75. The van der Waals surface area contributed by atoms with Gasteiger partial charge in [-0.05, 0) is 39.2 Å². The average molecular weight is 361 g/mol. The molecule has 0 bridgehead atoms. The Hall–Kier alpha value is -1.89. The molecule has 0 aromatic carbocycles. The molecule has 3 rings (SSSR count). The van der Waals surface area contributed by atoms with Gasteiger partial charge in [-0.25, -0.2) is 4.98 Å². The lowest BCUT2D eigenvalue weighted by Crippen LogP contribution is -2.49. The molecule has 0 aliphatic carbocycles. The lowest BCUT2D eigenvalue weighted by Gasteiger charge is -2.34. The number of aromatic nitrogens is 2. The first kappa shape index (κ1) is 18.9. The highest BCUT2D eigenvalue weighted by atomic mass is 16.2. The van der Waals surface area contributed by atoms with Crippen LogP contribution in [0.2, 0.25) is 0 Å². The van der Waals surface area contributed by atoms with Gasteiger partial charge < -0.3 is 19.7 Å². The number of carbonyl (C=O) groups excluding carboxylic acids is 2. The van der Waals surface area contributed by atoms with Gasteiger partial charge in [-0.3, -0.25) is 9.59 Å². The zero-order valence-corrected chi connectivity index (χ0v) is 16.3. The Morgan fingerprint density at radius 3 is 2.50 bits per heavy atom. The number of nitrogens with zero attached hydrogens (tertiary/aromatic N) is 4. The second-order valence-electron chi connectivity index (χ2n) is 7.35. The molecule has 1 aromatic heterocycles. The SMILES string of the molecule is CCC(C)NC(=O)c1nc(C(=O)N2CCN(CC)CC2)n2c1CCCC2. The average Bonchev–Trinajstić information content (AvgIpc) is 3.07. The highest BCUT2D eigenvalue weighted by Gasteiger charge is 2.31. The molecule has 26 heavy (non-hydrogen) atoms. The lowest BCUT2D eigenvalue weighted by molar-refractivity contribution is 0.0625. The lowest BCUT2D eigenvalue weighted by atomic mass is 10.1. The smallest absolute Gasteiger partial charge is 0.289 e. The zero-order chi connectivity index (χ0) is 18.7. The van der Waals surface area contributed by atoms with Crippen molar-refractivity contribution in [2.24, 2.45) is 0 Å². The van der Waals surface area contributed by atoms with Crippen molar-refractivity contribution >= 4 is 11.8 Å². The molecular weight excluding hydrogens is 330 g/mol. The molecule has 0 spiro atoms. The van der Waals surface area contributed by atoms with Crippen molar-refractivity contribution < 1.29 is 9.59 Å². The summed E-state index contributed by atoms with van der Waals surface area (Å²) < 4.78 is 1.99. The predicted molar refractivity (Wildman–Crippen MR) is 100 cm³/mol. The zero-order valence-electron chi connectivity index (χ0n) is 16.3. The third-order valence-electron chi connectivity index (χ3n) is 5.62. The number of amides is 2. The molecule has 1 aromatic rings. The standard InChI is InChI=1S/C19H31N5O2/c1-4-14(3)20-18(25)16-15-8-6-7-9-24(15)17(21-16)19(26)23-12-10-22(5-2)11-13-23/h14H,4-13H2,1-3H3,(H,20,25). The molecule has 1 saturated heterocycles. The van der Waals surface area contributed by atoms with Crippen LogP contribution in [0.3, 0.4) is 0 Å². The largest absolute Gasteiger partial charge is 0.348 e. The highest BCUT2D eigenvalue weighted by Crippen LogP contribution is 2.22. The van der Waals surface area contributed by atoms with Crippen LogP contribution >= 0.6 is 0 Å². The molecule has 0 saturated carbocycles. The number of rotatable bonds is 5. The van der Waals surface area contributed by atoms with Crippen LogP contribution in [0.25, 0.3) is 0 Å². The molecule has 2 aliphatic rings. The summed E-state index contributed by atoms with van der Waals surface area (Å²) in [6, 6.07) is 0.102. The first-order valence-electron chi connectivity index (χ1n) is 9.97. The van der Waals surface area contributed by atoms with Gasteiger partial charge in [0.25, 0.3) is 11.8 Å². The molecule has 7 heteroatoms. The fourth-order valence-electron chi connectivity index (χ4n) is 3.69. The van der Waals surface area contributed by atoms with Gasteiger partial charge in [0.05, 0.1) is 5.69 Å². The molecule has 0 radical (unpaired) electrons. The van der Waals surface area contributed by atoms with Gasteiger partial charge in [0, 0.05) is 38.8 Å². The van der Waals surface area contributed by atoms with Crippen molar-refractivity contribution in [3.8, 4) is 0 Å². The summed E-state index contributed by atoms with van der Waals surface area (Å²) in [4.78, 5) is 34.5. The number of fused-ring (bicyclic) bond motifs is 1. The quantitative estimate of drug-likeness (QED) is 0.863. The van der Waals surface area contributed by atoms with Crippen LogP contribution in [-0.2, 0) is 13.0 Å². The van der Waals surface area contributed by atoms with E-state index in [1.807, 2.05) is 23.3 Å². The van der Waals surface area contributed by atoms with Gasteiger partial charge in [0.1, 0.15) is 5.69 Å². The highest BCUT2D eigenvalue weighted by molar-refractivity contribution is 5.97. The van der Waals surface area contributed by atoms with Crippen LogP contribution in [-0.4, -0.2) is 69.9 Å². The normalized spacial score (nSPS) is 19.1. The van der Waals surface area contributed by atoms with E-state index in [9.17, 15) is 9.59 Å². The predicted octanol–water partition coefficient (Wildman–Crippen LogP) is 1.53. The van der Waals surface area contributed by atoms with E-state index in [1.54, 1.807) is 0 Å². The van der Waals surface area contributed by atoms with E-state index in [0.717, 1.165) is 70.6 Å². The Morgan fingerprint density at radius 2 is 1.85 bits per heavy atom. The van der Waals surface area contributed by atoms with Gasteiger partial charge in [-0.2, -0.15) is 0 Å². The summed E-state index contributed by atoms with van der Waals surface area (Å²) in [5, 5.41) is 2.99. The third-order valence-corrected chi connectivity index (χ3v) is 5.62. The molecule has 1 unspecified atom stereocenters. The van der Waals surface area contributed by atoms with Crippen LogP contribution in [0.4, 0.5) is 0 Å². The van der Waals surface area contributed by atoms with Crippen molar-refractivity contribution in [2.45, 2.75) is 59.0 Å². The Kier molecular flexibility index (Phi) is 5.96. The maximum atomic E-state index is 13.1. The van der Waals surface area contributed by atoms with E-state index in [4.69, 9.17) is 0 Å². The van der Waals surface area contributed by atoms with E-state index < -0.39 is 0 Å². The molecular formula is C19H31N5O2. The fraction of sp³-hybridized carbons (Fsp3) is 0.737. The van der Waals surface area contributed by atoms with Gasteiger partial charge >= 0.3 is 0 Å². The Labute approximate surface area is 155 Å². The topological polar surface area (TPSA) is 70.5 Å². The van der Waals surface area contributed by atoms with Gasteiger partial charge in [0.15, 0.2) is 5.82 Å². The van der Waals surface area contributed by atoms with E-state index >= 15 is 0 Å². The number of carbonyl (C=O) groups is 2. The number of piperazine rings is 1. The molecule has 1 atom stereocenters. The monoisotopic (exact) mass is 361 g/mol. The molecule has 7 nitrogen and oxygen atoms in total. The van der Waals surface area contributed by atoms with Crippen LogP contribution in [0.5, 0.6) is 0 Å². The van der Waals surface area contributed by atoms with E-state index in [0.29, 0.717) is 11.5 Å². The minimum absolute atomic E-state index is 0.0357. The number of hydrogen-bond donors (Lipinski definition) is 1. The van der Waals surface area contributed by atoms with Crippen molar-refractivity contribution in [3.63, 3.8) is 0 Å². The van der Waals surface area contributed by atoms with Crippen LogP contribution in [0.1, 0.15) is 66.8 Å². The van der Waals surface area contributed by atoms with E-state index in [1.165, 1.54) is 0 Å². The minimum atomic E-state index is -0.153. The molecule has 1 N–H and O–H groups in total. The molecule has 2 aliphatic heterocycles. The summed E-state index contributed by atoms with van der Waals surface area (Å²) in [5.41, 5.74) is 1.37. The summed E-state index contributed by atoms with van der Waals surface area (Å²) in [5.74, 6) is 0.255. The van der Waals surface area contributed by atoms with Crippen LogP contribution in [0, 0.1) is 0 Å². The molecule has 1 fully saturated rings. The molecule has 3 heterocycles. The number of imidazole rings is 1. The van der Waals surface area contributed by atoms with E-state index in [2.05, 4.69) is 22.1 Å². The minimum Gasteiger partial charge on any atom is -0.348 e. The Balaban J connectivity index is 1.83. The maximum Gasteiger partial charge on any atom is 0.289 e. The van der Waals surface area contributed by atoms with Crippen molar-refractivity contribution in [1.29, 1.82) is 0 Å². The maximum absolute atomic E-state index is 13.1. The van der Waals surface area contributed by atoms with Gasteiger partial charge in [0.2, 0.25) is 0 Å². The second kappa shape index (κ2) is 8.20.